The number of aromatic nitrogens is 3. The van der Waals surface area contributed by atoms with Gasteiger partial charge in [0.25, 0.3) is 0 Å². The third-order valence-electron chi connectivity index (χ3n) is 7.41. The average molecular weight is 563 g/mol. The molecule has 6 rings (SSSR count). The number of nitrogens with zero attached hydrogens (tertiary/aromatic N) is 3. The Morgan fingerprint density at radius 2 is 1.77 bits per heavy atom. The first-order valence-corrected chi connectivity index (χ1v) is 14.9. The molecular formula is C29H31FN6O3S. The molecule has 4 unspecified atom stereocenters. The molecule has 0 bridgehead atoms. The fourth-order valence-electron chi connectivity index (χ4n) is 5.22. The summed E-state index contributed by atoms with van der Waals surface area (Å²) in [6.07, 6.45) is 5.01. The Kier molecular flexibility index (Phi) is 7.01. The zero-order valence-corrected chi connectivity index (χ0v) is 23.1. The van der Waals surface area contributed by atoms with Crippen LogP contribution in [-0.2, 0) is 10.0 Å². The van der Waals surface area contributed by atoms with Crippen molar-refractivity contribution >= 4 is 32.3 Å². The van der Waals surface area contributed by atoms with Crippen LogP contribution in [0.3, 0.4) is 0 Å². The molecule has 4 aromatic rings. The lowest BCUT2D eigenvalue weighted by Gasteiger charge is -2.26. The monoisotopic (exact) mass is 562 g/mol. The number of alkyl halides is 1. The molecule has 2 aromatic heterocycles. The first kappa shape index (κ1) is 26.4. The Bertz CT molecular complexity index is 1670. The van der Waals surface area contributed by atoms with Crippen molar-refractivity contribution in [1.82, 2.24) is 20.3 Å². The second-order valence-corrected chi connectivity index (χ2v) is 12.5. The van der Waals surface area contributed by atoms with Crippen LogP contribution in [0.15, 0.2) is 61.1 Å². The van der Waals surface area contributed by atoms with Gasteiger partial charge >= 0.3 is 0 Å². The van der Waals surface area contributed by atoms with Crippen molar-refractivity contribution in [3.8, 4) is 22.9 Å². The molecule has 4 atom stereocenters. The van der Waals surface area contributed by atoms with E-state index >= 15 is 0 Å². The van der Waals surface area contributed by atoms with Gasteiger partial charge in [-0.15, -0.1) is 0 Å². The maximum absolute atomic E-state index is 13.9. The van der Waals surface area contributed by atoms with Crippen molar-refractivity contribution in [2.75, 3.05) is 23.1 Å². The number of rotatable bonds is 8. The van der Waals surface area contributed by atoms with Crippen LogP contribution in [0.2, 0.25) is 0 Å². The van der Waals surface area contributed by atoms with Crippen molar-refractivity contribution in [3.05, 3.63) is 66.6 Å². The van der Waals surface area contributed by atoms with Crippen LogP contribution in [0.4, 0.5) is 15.9 Å². The van der Waals surface area contributed by atoms with Gasteiger partial charge in [0.2, 0.25) is 15.9 Å². The van der Waals surface area contributed by atoms with Gasteiger partial charge in [-0.1, -0.05) is 31.2 Å². The molecule has 1 saturated heterocycles. The Hall–Kier alpha value is -3.83. The Morgan fingerprint density at radius 3 is 2.55 bits per heavy atom. The van der Waals surface area contributed by atoms with E-state index in [1.807, 2.05) is 50.2 Å². The number of fused-ring (bicyclic) bond motifs is 1. The largest absolute Gasteiger partial charge is 0.436 e. The molecule has 1 aliphatic carbocycles. The molecule has 1 saturated carbocycles. The second kappa shape index (κ2) is 10.6. The summed E-state index contributed by atoms with van der Waals surface area (Å²) in [5.41, 5.74) is 2.54. The smallest absolute Gasteiger partial charge is 0.246 e. The summed E-state index contributed by atoms with van der Waals surface area (Å²) in [5.74, 6) is 1.63. The SMILES string of the molecule is Cc1cc(NS(=O)(=O)C2CC2C)c2ccccc2c1Oc1nccnc1-c1ccnc(NC2CNCC(F)C2)c1. The predicted molar refractivity (Wildman–Crippen MR) is 154 cm³/mol. The minimum Gasteiger partial charge on any atom is -0.436 e. The highest BCUT2D eigenvalue weighted by Gasteiger charge is 2.44. The number of hydrogen-bond acceptors (Lipinski definition) is 8. The molecule has 0 amide bonds. The molecule has 1 aliphatic heterocycles. The first-order chi connectivity index (χ1) is 19.3. The predicted octanol–water partition coefficient (Wildman–Crippen LogP) is 5.05. The Morgan fingerprint density at radius 1 is 1.00 bits per heavy atom. The number of nitrogens with one attached hydrogen (secondary N) is 3. The van der Waals surface area contributed by atoms with Crippen LogP contribution in [-0.4, -0.2) is 53.9 Å². The lowest BCUT2D eigenvalue weighted by molar-refractivity contribution is 0.255. The maximum Gasteiger partial charge on any atom is 0.246 e. The zero-order valence-electron chi connectivity index (χ0n) is 22.3. The van der Waals surface area contributed by atoms with Gasteiger partial charge in [0, 0.05) is 60.5 Å². The van der Waals surface area contributed by atoms with E-state index < -0.39 is 16.2 Å². The highest BCUT2D eigenvalue weighted by Crippen LogP contribution is 2.42. The third-order valence-corrected chi connectivity index (χ3v) is 9.37. The maximum atomic E-state index is 13.9. The molecule has 3 N–H and O–H groups in total. The summed E-state index contributed by atoms with van der Waals surface area (Å²) in [6.45, 7) is 4.84. The van der Waals surface area contributed by atoms with Crippen LogP contribution in [0.5, 0.6) is 11.6 Å². The van der Waals surface area contributed by atoms with Crippen LogP contribution in [0.25, 0.3) is 22.0 Å². The summed E-state index contributed by atoms with van der Waals surface area (Å²) >= 11 is 0. The van der Waals surface area contributed by atoms with Gasteiger partial charge in [-0.25, -0.2) is 27.8 Å². The molecule has 0 spiro atoms. The molecule has 3 heterocycles. The highest BCUT2D eigenvalue weighted by molar-refractivity contribution is 7.93. The molecule has 2 aliphatic rings. The lowest BCUT2D eigenvalue weighted by atomic mass is 10.0. The number of ether oxygens (including phenoxy) is 1. The molecule has 11 heteroatoms. The minimum atomic E-state index is -3.48. The summed E-state index contributed by atoms with van der Waals surface area (Å²) in [5, 5.41) is 7.51. The molecule has 2 aromatic carbocycles. The number of anilines is 2. The van der Waals surface area contributed by atoms with Gasteiger partial charge in [0.05, 0.1) is 10.9 Å². The summed E-state index contributed by atoms with van der Waals surface area (Å²) in [7, 11) is -3.48. The number of sulfonamides is 1. The minimum absolute atomic E-state index is 0.0721. The number of benzene rings is 2. The van der Waals surface area contributed by atoms with E-state index in [1.54, 1.807) is 24.7 Å². The van der Waals surface area contributed by atoms with E-state index in [0.717, 1.165) is 21.9 Å². The fourth-order valence-corrected chi connectivity index (χ4v) is 7.01. The molecule has 40 heavy (non-hydrogen) atoms. The van der Waals surface area contributed by atoms with Gasteiger partial charge in [-0.05, 0) is 43.0 Å². The van der Waals surface area contributed by atoms with E-state index in [2.05, 4.69) is 30.3 Å². The summed E-state index contributed by atoms with van der Waals surface area (Å²) < 4.78 is 48.8. The van der Waals surface area contributed by atoms with E-state index in [-0.39, 0.29) is 17.2 Å². The molecule has 208 valence electrons. The standard InChI is InChI=1S/C29H31FN6O3S/c1-17-12-25(17)40(37,38)36-24-11-18(2)28(23-6-4-3-5-22(23)24)39-29-27(33-9-10-34-29)19-7-8-32-26(13-19)35-21-14-20(30)15-31-16-21/h3-11,13,17,20-21,25,31,36H,12,14-16H2,1-2H3,(H,32,35). The van der Waals surface area contributed by atoms with Crippen molar-refractivity contribution in [1.29, 1.82) is 0 Å². The van der Waals surface area contributed by atoms with Gasteiger partial charge in [-0.2, -0.15) is 0 Å². The second-order valence-electron chi connectivity index (χ2n) is 10.6. The van der Waals surface area contributed by atoms with Crippen LogP contribution >= 0.6 is 0 Å². The highest BCUT2D eigenvalue weighted by atomic mass is 32.2. The summed E-state index contributed by atoms with van der Waals surface area (Å²) in [6, 6.07) is 12.9. The topological polar surface area (TPSA) is 118 Å². The van der Waals surface area contributed by atoms with E-state index in [9.17, 15) is 12.8 Å². The molecule has 0 radical (unpaired) electrons. The van der Waals surface area contributed by atoms with E-state index in [4.69, 9.17) is 4.74 Å². The van der Waals surface area contributed by atoms with E-state index in [0.29, 0.717) is 54.8 Å². The lowest BCUT2D eigenvalue weighted by Crippen LogP contribution is -2.44. The normalized spacial score (nSPS) is 22.6. The Balaban J connectivity index is 1.32. The number of aryl methyl sites for hydroxylation is 1. The van der Waals surface area contributed by atoms with Gasteiger partial charge in [-0.3, -0.25) is 4.72 Å². The summed E-state index contributed by atoms with van der Waals surface area (Å²) in [4.78, 5) is 13.4. The number of piperidine rings is 1. The fraction of sp³-hybridized carbons (Fsp3) is 0.345. The van der Waals surface area contributed by atoms with Crippen molar-refractivity contribution < 1.29 is 17.5 Å². The number of hydrogen-bond donors (Lipinski definition) is 3. The number of halogens is 1. The quantitative estimate of drug-likeness (QED) is 0.273. The van der Waals surface area contributed by atoms with Crippen LogP contribution < -0.4 is 20.1 Å². The van der Waals surface area contributed by atoms with Crippen molar-refractivity contribution in [2.24, 2.45) is 5.92 Å². The van der Waals surface area contributed by atoms with Gasteiger partial charge in [0.1, 0.15) is 23.4 Å². The number of pyridine rings is 1. The van der Waals surface area contributed by atoms with E-state index in [1.165, 1.54) is 0 Å². The third kappa shape index (κ3) is 5.44. The zero-order chi connectivity index (χ0) is 27.9. The molecule has 9 nitrogen and oxygen atoms in total. The van der Waals surface area contributed by atoms with Crippen molar-refractivity contribution in [2.45, 2.75) is 44.2 Å². The van der Waals surface area contributed by atoms with Crippen LogP contribution in [0.1, 0.15) is 25.3 Å². The molecule has 2 fully saturated rings. The first-order valence-electron chi connectivity index (χ1n) is 13.4. The van der Waals surface area contributed by atoms with Crippen molar-refractivity contribution in [3.63, 3.8) is 0 Å². The van der Waals surface area contributed by atoms with Gasteiger partial charge in [0.15, 0.2) is 0 Å². The Labute approximate surface area is 232 Å². The van der Waals surface area contributed by atoms with Gasteiger partial charge < -0.3 is 15.4 Å². The van der Waals surface area contributed by atoms with Crippen LogP contribution in [0, 0.1) is 12.8 Å². The molecular weight excluding hydrogens is 531 g/mol. The average Bonchev–Trinajstić information content (AvgIpc) is 3.69.